The second kappa shape index (κ2) is 8.32. The Morgan fingerprint density at radius 2 is 1.90 bits per heavy atom. The van der Waals surface area contributed by atoms with Gasteiger partial charge in [-0.15, -0.1) is 0 Å². The highest BCUT2D eigenvalue weighted by atomic mass is 16.5. The number of amides is 1. The van der Waals surface area contributed by atoms with Crippen molar-refractivity contribution in [3.8, 4) is 0 Å². The summed E-state index contributed by atoms with van der Waals surface area (Å²) in [5.74, 6) is -0.674. The van der Waals surface area contributed by atoms with Crippen molar-refractivity contribution in [3.63, 3.8) is 0 Å². The molecule has 1 aromatic carbocycles. The fourth-order valence-corrected chi connectivity index (χ4v) is 1.83. The summed E-state index contributed by atoms with van der Waals surface area (Å²) in [6.07, 6.45) is 0. The molecular weight excluding hydrogens is 256 g/mol. The number of carbonyl (C=O) groups is 2. The van der Waals surface area contributed by atoms with Crippen molar-refractivity contribution >= 4 is 11.9 Å². The molecule has 0 spiro atoms. The van der Waals surface area contributed by atoms with Crippen LogP contribution in [0.1, 0.15) is 26.3 Å². The normalized spacial score (nSPS) is 13.3. The van der Waals surface area contributed by atoms with Gasteiger partial charge >= 0.3 is 5.97 Å². The first-order chi connectivity index (χ1) is 9.54. The molecule has 1 rings (SSSR count). The third-order valence-corrected chi connectivity index (χ3v) is 2.87. The Morgan fingerprint density at radius 1 is 1.25 bits per heavy atom. The largest absolute Gasteiger partial charge is 0.464 e. The summed E-state index contributed by atoms with van der Waals surface area (Å²) >= 11 is 0. The van der Waals surface area contributed by atoms with Gasteiger partial charge in [-0.2, -0.15) is 0 Å². The molecule has 1 aromatic rings. The molecule has 0 aliphatic heterocycles. The lowest BCUT2D eigenvalue weighted by Crippen LogP contribution is -2.53. The lowest BCUT2D eigenvalue weighted by Gasteiger charge is -2.24. The number of esters is 1. The Labute approximate surface area is 119 Å². The molecule has 2 atom stereocenters. The molecule has 0 saturated carbocycles. The highest BCUT2D eigenvalue weighted by molar-refractivity contribution is 5.83. The van der Waals surface area contributed by atoms with Crippen LogP contribution in [0, 0.1) is 0 Å². The number of rotatable bonds is 7. The Hall–Kier alpha value is -1.88. The minimum Gasteiger partial charge on any atom is -0.464 e. The van der Waals surface area contributed by atoms with Gasteiger partial charge in [-0.25, -0.2) is 4.79 Å². The third-order valence-electron chi connectivity index (χ3n) is 2.87. The second-order valence-electron chi connectivity index (χ2n) is 4.59. The fraction of sp³-hybridized carbons (Fsp3) is 0.467. The average molecular weight is 278 g/mol. The number of hydrogen-bond acceptors (Lipinski definition) is 4. The van der Waals surface area contributed by atoms with Crippen LogP contribution in [0.5, 0.6) is 0 Å². The van der Waals surface area contributed by atoms with Gasteiger partial charge in [0.1, 0.15) is 6.04 Å². The molecule has 0 fully saturated rings. The minimum atomic E-state index is -0.684. The lowest BCUT2D eigenvalue weighted by atomic mass is 10.1. The predicted octanol–water partition coefficient (Wildman–Crippen LogP) is 1.23. The van der Waals surface area contributed by atoms with E-state index in [0.29, 0.717) is 13.2 Å². The molecule has 0 radical (unpaired) electrons. The number of ether oxygens (including phenoxy) is 1. The van der Waals surface area contributed by atoms with Gasteiger partial charge in [0.25, 0.3) is 0 Å². The first-order valence-electron chi connectivity index (χ1n) is 6.75. The Kier molecular flexibility index (Phi) is 6.73. The molecule has 2 N–H and O–H groups in total. The molecular formula is C15H22N2O3. The molecule has 20 heavy (non-hydrogen) atoms. The zero-order chi connectivity index (χ0) is 15.0. The first kappa shape index (κ1) is 16.2. The molecule has 0 saturated heterocycles. The van der Waals surface area contributed by atoms with Crippen molar-refractivity contribution in [1.82, 2.24) is 10.6 Å². The minimum absolute atomic E-state index is 0.224. The highest BCUT2D eigenvalue weighted by Crippen LogP contribution is 2.02. The van der Waals surface area contributed by atoms with E-state index in [1.165, 1.54) is 6.92 Å². The molecule has 1 amide bonds. The van der Waals surface area contributed by atoms with Crippen LogP contribution in [0.4, 0.5) is 0 Å². The monoisotopic (exact) mass is 278 g/mol. The van der Waals surface area contributed by atoms with Gasteiger partial charge in [0, 0.05) is 19.5 Å². The summed E-state index contributed by atoms with van der Waals surface area (Å²) < 4.78 is 4.98. The predicted molar refractivity (Wildman–Crippen MR) is 77.0 cm³/mol. The summed E-state index contributed by atoms with van der Waals surface area (Å²) in [7, 11) is 0. The lowest BCUT2D eigenvalue weighted by molar-refractivity contribution is -0.148. The molecule has 5 nitrogen and oxygen atoms in total. The van der Waals surface area contributed by atoms with Crippen LogP contribution in [-0.4, -0.2) is 30.6 Å². The summed E-state index contributed by atoms with van der Waals surface area (Å²) in [4.78, 5) is 23.0. The first-order valence-corrected chi connectivity index (χ1v) is 6.75. The summed E-state index contributed by atoms with van der Waals surface area (Å²) in [5.41, 5.74) is 1.12. The SMILES string of the molecule is CCOC(=O)C(NC(C)=O)C(C)NCc1ccccc1. The van der Waals surface area contributed by atoms with Crippen LogP contribution in [0.25, 0.3) is 0 Å². The van der Waals surface area contributed by atoms with E-state index in [1.807, 2.05) is 37.3 Å². The van der Waals surface area contributed by atoms with Crippen molar-refractivity contribution in [2.45, 2.75) is 39.4 Å². The number of hydrogen-bond donors (Lipinski definition) is 2. The maximum Gasteiger partial charge on any atom is 0.330 e. The van der Waals surface area contributed by atoms with Gasteiger partial charge in [-0.1, -0.05) is 30.3 Å². The quantitative estimate of drug-likeness (QED) is 0.736. The zero-order valence-electron chi connectivity index (χ0n) is 12.2. The molecule has 110 valence electrons. The molecule has 0 aliphatic carbocycles. The topological polar surface area (TPSA) is 67.4 Å². The third kappa shape index (κ3) is 5.40. The van der Waals surface area contributed by atoms with Gasteiger partial charge in [0.2, 0.25) is 5.91 Å². The van der Waals surface area contributed by atoms with Crippen LogP contribution in [0.3, 0.4) is 0 Å². The van der Waals surface area contributed by atoms with E-state index in [-0.39, 0.29) is 11.9 Å². The van der Waals surface area contributed by atoms with E-state index in [9.17, 15) is 9.59 Å². The molecule has 0 bridgehead atoms. The van der Waals surface area contributed by atoms with Gasteiger partial charge in [-0.3, -0.25) is 4.79 Å². The Bertz CT molecular complexity index is 434. The van der Waals surface area contributed by atoms with Crippen LogP contribution in [-0.2, 0) is 20.9 Å². The summed E-state index contributed by atoms with van der Waals surface area (Å²) in [5, 5.41) is 5.85. The molecule has 0 aromatic heterocycles. The highest BCUT2D eigenvalue weighted by Gasteiger charge is 2.26. The zero-order valence-corrected chi connectivity index (χ0v) is 12.2. The van der Waals surface area contributed by atoms with Crippen LogP contribution >= 0.6 is 0 Å². The average Bonchev–Trinajstić information content (AvgIpc) is 2.43. The van der Waals surface area contributed by atoms with Gasteiger partial charge in [0.15, 0.2) is 0 Å². The maximum atomic E-state index is 11.9. The van der Waals surface area contributed by atoms with Crippen molar-refractivity contribution in [2.75, 3.05) is 6.61 Å². The maximum absolute atomic E-state index is 11.9. The molecule has 5 heteroatoms. The van der Waals surface area contributed by atoms with Crippen LogP contribution < -0.4 is 10.6 Å². The number of benzene rings is 1. The Morgan fingerprint density at radius 3 is 2.45 bits per heavy atom. The van der Waals surface area contributed by atoms with E-state index in [2.05, 4.69) is 10.6 Å². The summed E-state index contributed by atoms with van der Waals surface area (Å²) in [6.45, 7) is 5.89. The van der Waals surface area contributed by atoms with Crippen molar-refractivity contribution in [3.05, 3.63) is 35.9 Å². The van der Waals surface area contributed by atoms with Gasteiger partial charge in [0.05, 0.1) is 6.61 Å². The Balaban J connectivity index is 2.60. The molecule has 0 heterocycles. The standard InChI is InChI=1S/C15H22N2O3/c1-4-20-15(19)14(17-12(3)18)11(2)16-10-13-8-6-5-7-9-13/h5-9,11,14,16H,4,10H2,1-3H3,(H,17,18). The molecule has 2 unspecified atom stereocenters. The smallest absolute Gasteiger partial charge is 0.330 e. The van der Waals surface area contributed by atoms with E-state index < -0.39 is 12.0 Å². The van der Waals surface area contributed by atoms with Crippen molar-refractivity contribution < 1.29 is 14.3 Å². The number of carbonyl (C=O) groups excluding carboxylic acids is 2. The van der Waals surface area contributed by atoms with E-state index in [0.717, 1.165) is 5.56 Å². The van der Waals surface area contributed by atoms with Crippen LogP contribution in [0.2, 0.25) is 0 Å². The van der Waals surface area contributed by atoms with Gasteiger partial charge < -0.3 is 15.4 Å². The van der Waals surface area contributed by atoms with Crippen LogP contribution in [0.15, 0.2) is 30.3 Å². The van der Waals surface area contributed by atoms with Crippen molar-refractivity contribution in [1.29, 1.82) is 0 Å². The summed E-state index contributed by atoms with van der Waals surface area (Å²) in [6, 6.07) is 8.95. The molecule has 0 aliphatic rings. The van der Waals surface area contributed by atoms with Crippen molar-refractivity contribution in [2.24, 2.45) is 0 Å². The van der Waals surface area contributed by atoms with E-state index >= 15 is 0 Å². The number of nitrogens with one attached hydrogen (secondary N) is 2. The second-order valence-corrected chi connectivity index (χ2v) is 4.59. The van der Waals surface area contributed by atoms with Gasteiger partial charge in [-0.05, 0) is 19.4 Å². The fourth-order valence-electron chi connectivity index (χ4n) is 1.83. The van der Waals surface area contributed by atoms with E-state index in [4.69, 9.17) is 4.74 Å². The van der Waals surface area contributed by atoms with E-state index in [1.54, 1.807) is 6.92 Å².